The van der Waals surface area contributed by atoms with Crippen molar-refractivity contribution in [2.24, 2.45) is 5.73 Å². The summed E-state index contributed by atoms with van der Waals surface area (Å²) in [5.41, 5.74) is 7.53. The lowest BCUT2D eigenvalue weighted by Gasteiger charge is -2.26. The lowest BCUT2D eigenvalue weighted by atomic mass is 10.0. The normalized spacial score (nSPS) is 15.4. The summed E-state index contributed by atoms with van der Waals surface area (Å²) in [6.45, 7) is 6.10. The molecule has 0 saturated carbocycles. The number of hydrogen-bond donors (Lipinski definition) is 2. The van der Waals surface area contributed by atoms with Crippen LogP contribution < -0.4 is 11.1 Å². The summed E-state index contributed by atoms with van der Waals surface area (Å²) in [4.78, 5) is 11.7. The first-order valence-electron chi connectivity index (χ1n) is 7.10. The van der Waals surface area contributed by atoms with E-state index in [0.29, 0.717) is 0 Å². The van der Waals surface area contributed by atoms with Crippen LogP contribution in [0.25, 0.3) is 0 Å². The van der Waals surface area contributed by atoms with Gasteiger partial charge in [0.2, 0.25) is 5.91 Å². The molecule has 0 bridgehead atoms. The van der Waals surface area contributed by atoms with Gasteiger partial charge in [0.25, 0.3) is 0 Å². The Morgan fingerprint density at radius 1 is 1.29 bits per heavy atom. The van der Waals surface area contributed by atoms with E-state index in [1.807, 2.05) is 61.3 Å². The summed E-state index contributed by atoms with van der Waals surface area (Å²) < 4.78 is 1.90. The van der Waals surface area contributed by atoms with E-state index in [-0.39, 0.29) is 18.0 Å². The van der Waals surface area contributed by atoms with Gasteiger partial charge in [0.05, 0.1) is 12.2 Å². The Hall–Kier alpha value is -2.14. The molecule has 2 rings (SSSR count). The molecule has 0 aliphatic carbocycles. The molecule has 0 radical (unpaired) electrons. The van der Waals surface area contributed by atoms with E-state index in [9.17, 15) is 4.79 Å². The van der Waals surface area contributed by atoms with Crippen molar-refractivity contribution in [3.05, 3.63) is 53.9 Å². The number of rotatable bonds is 6. The fourth-order valence-corrected chi connectivity index (χ4v) is 2.28. The van der Waals surface area contributed by atoms with Crippen molar-refractivity contribution < 1.29 is 4.79 Å². The molecule has 0 aliphatic rings. The van der Waals surface area contributed by atoms with Crippen LogP contribution in [-0.2, 0) is 4.79 Å². The van der Waals surface area contributed by atoms with Crippen LogP contribution in [-0.4, -0.2) is 21.7 Å². The Bertz CT molecular complexity index is 593. The molecule has 3 unspecified atom stereocenters. The van der Waals surface area contributed by atoms with Crippen molar-refractivity contribution in [3.63, 3.8) is 0 Å². The molecule has 5 nitrogen and oxygen atoms in total. The van der Waals surface area contributed by atoms with Crippen LogP contribution in [0.2, 0.25) is 0 Å². The van der Waals surface area contributed by atoms with Gasteiger partial charge in [-0.15, -0.1) is 0 Å². The molecule has 3 N–H and O–H groups in total. The highest BCUT2D eigenvalue weighted by Gasteiger charge is 2.23. The van der Waals surface area contributed by atoms with Crippen molar-refractivity contribution in [2.75, 3.05) is 0 Å². The van der Waals surface area contributed by atoms with Gasteiger partial charge in [-0.3, -0.25) is 14.8 Å². The lowest BCUT2D eigenvalue weighted by molar-refractivity contribution is -0.120. The predicted molar refractivity (Wildman–Crippen MR) is 82.7 cm³/mol. The van der Waals surface area contributed by atoms with Crippen LogP contribution in [0.15, 0.2) is 42.7 Å². The van der Waals surface area contributed by atoms with E-state index in [2.05, 4.69) is 17.3 Å². The first kappa shape index (κ1) is 15.3. The van der Waals surface area contributed by atoms with Gasteiger partial charge >= 0.3 is 0 Å². The summed E-state index contributed by atoms with van der Waals surface area (Å²) in [7, 11) is 0. The van der Waals surface area contributed by atoms with Gasteiger partial charge in [0, 0.05) is 12.2 Å². The predicted octanol–water partition coefficient (Wildman–Crippen LogP) is 1.96. The maximum atomic E-state index is 11.7. The molecule has 0 aliphatic heterocycles. The fourth-order valence-electron chi connectivity index (χ4n) is 2.28. The molecule has 2 aromatic rings. The maximum absolute atomic E-state index is 11.7. The van der Waals surface area contributed by atoms with Crippen LogP contribution in [0, 0.1) is 6.92 Å². The van der Waals surface area contributed by atoms with E-state index in [1.165, 1.54) is 0 Å². The second kappa shape index (κ2) is 6.54. The summed E-state index contributed by atoms with van der Waals surface area (Å²) in [5.74, 6) is -0.378. The number of carbonyl (C=O) groups is 1. The van der Waals surface area contributed by atoms with Crippen molar-refractivity contribution >= 4 is 5.91 Å². The summed E-state index contributed by atoms with van der Waals surface area (Å²) in [6.07, 6.45) is 3.82. The monoisotopic (exact) mass is 286 g/mol. The minimum atomic E-state index is -0.500. The third-order valence-electron chi connectivity index (χ3n) is 3.72. The maximum Gasteiger partial charge on any atom is 0.239 e. The van der Waals surface area contributed by atoms with Gasteiger partial charge < -0.3 is 5.73 Å². The van der Waals surface area contributed by atoms with Gasteiger partial charge in [0.1, 0.15) is 6.04 Å². The zero-order valence-corrected chi connectivity index (χ0v) is 12.7. The summed E-state index contributed by atoms with van der Waals surface area (Å²) in [6, 6.07) is 9.18. The number of primary amides is 1. The van der Waals surface area contributed by atoms with E-state index in [4.69, 9.17) is 5.73 Å². The number of amides is 1. The number of hydrogen-bond acceptors (Lipinski definition) is 3. The molecule has 1 aromatic carbocycles. The van der Waals surface area contributed by atoms with Crippen molar-refractivity contribution in [1.29, 1.82) is 0 Å². The highest BCUT2D eigenvalue weighted by Crippen LogP contribution is 2.17. The number of nitrogens with one attached hydrogen (secondary N) is 1. The first-order chi connectivity index (χ1) is 9.99. The molecule has 0 saturated heterocycles. The van der Waals surface area contributed by atoms with Crippen molar-refractivity contribution in [1.82, 2.24) is 15.1 Å². The van der Waals surface area contributed by atoms with Gasteiger partial charge in [-0.25, -0.2) is 0 Å². The van der Waals surface area contributed by atoms with Crippen LogP contribution in [0.3, 0.4) is 0 Å². The number of aryl methyl sites for hydroxylation is 1. The van der Waals surface area contributed by atoms with Crippen LogP contribution in [0.4, 0.5) is 0 Å². The van der Waals surface area contributed by atoms with Gasteiger partial charge in [0.15, 0.2) is 0 Å². The van der Waals surface area contributed by atoms with Crippen LogP contribution in [0.5, 0.6) is 0 Å². The summed E-state index contributed by atoms with van der Waals surface area (Å²) in [5, 5.41) is 7.63. The standard InChI is InChI=1S/C16H22N4O/c1-11-9-18-20(10-11)13(3)12(2)19-15(16(17)21)14-7-5-4-6-8-14/h4-10,12-13,15,19H,1-3H3,(H2,17,21). The Morgan fingerprint density at radius 2 is 1.95 bits per heavy atom. The van der Waals surface area contributed by atoms with Gasteiger partial charge in [-0.2, -0.15) is 5.10 Å². The SMILES string of the molecule is Cc1cnn(C(C)C(C)NC(C(N)=O)c2ccccc2)c1. The van der Waals surface area contributed by atoms with Crippen LogP contribution >= 0.6 is 0 Å². The molecule has 1 aromatic heterocycles. The highest BCUT2D eigenvalue weighted by molar-refractivity contribution is 5.81. The Balaban J connectivity index is 2.12. The lowest BCUT2D eigenvalue weighted by Crippen LogP contribution is -2.42. The largest absolute Gasteiger partial charge is 0.368 e. The smallest absolute Gasteiger partial charge is 0.239 e. The zero-order chi connectivity index (χ0) is 15.4. The number of carbonyl (C=O) groups excluding carboxylic acids is 1. The molecule has 0 fully saturated rings. The number of aromatic nitrogens is 2. The Morgan fingerprint density at radius 3 is 2.48 bits per heavy atom. The molecule has 3 atom stereocenters. The molecular formula is C16H22N4O. The first-order valence-corrected chi connectivity index (χ1v) is 7.10. The fraction of sp³-hybridized carbons (Fsp3) is 0.375. The third-order valence-corrected chi connectivity index (χ3v) is 3.72. The quantitative estimate of drug-likeness (QED) is 0.852. The van der Waals surface area contributed by atoms with E-state index >= 15 is 0 Å². The van der Waals surface area contributed by atoms with Crippen LogP contribution in [0.1, 0.15) is 37.1 Å². The Labute approximate surface area is 125 Å². The third kappa shape index (κ3) is 3.70. The second-order valence-electron chi connectivity index (χ2n) is 5.44. The zero-order valence-electron chi connectivity index (χ0n) is 12.7. The van der Waals surface area contributed by atoms with E-state index in [0.717, 1.165) is 11.1 Å². The highest BCUT2D eigenvalue weighted by atomic mass is 16.1. The average molecular weight is 286 g/mol. The molecule has 0 spiro atoms. The number of nitrogens with two attached hydrogens (primary N) is 1. The molecular weight excluding hydrogens is 264 g/mol. The minimum absolute atomic E-state index is 0.0435. The van der Waals surface area contributed by atoms with Crippen molar-refractivity contribution in [2.45, 2.75) is 38.9 Å². The van der Waals surface area contributed by atoms with Gasteiger partial charge in [-0.1, -0.05) is 30.3 Å². The molecule has 112 valence electrons. The molecule has 1 heterocycles. The number of nitrogens with zero attached hydrogens (tertiary/aromatic N) is 2. The molecule has 1 amide bonds. The molecule has 21 heavy (non-hydrogen) atoms. The molecule has 5 heteroatoms. The van der Waals surface area contributed by atoms with Gasteiger partial charge in [-0.05, 0) is 31.9 Å². The Kier molecular flexibility index (Phi) is 4.75. The summed E-state index contributed by atoms with van der Waals surface area (Å²) >= 11 is 0. The minimum Gasteiger partial charge on any atom is -0.368 e. The van der Waals surface area contributed by atoms with E-state index in [1.54, 1.807) is 0 Å². The van der Waals surface area contributed by atoms with Crippen molar-refractivity contribution in [3.8, 4) is 0 Å². The van der Waals surface area contributed by atoms with E-state index < -0.39 is 6.04 Å². The topological polar surface area (TPSA) is 72.9 Å². The second-order valence-corrected chi connectivity index (χ2v) is 5.44. The average Bonchev–Trinajstić information content (AvgIpc) is 2.90. The number of benzene rings is 1.